The summed E-state index contributed by atoms with van der Waals surface area (Å²) in [4.78, 5) is 25.1. The lowest BCUT2D eigenvalue weighted by atomic mass is 10.2. The molecular formula is C17H18N4OS. The van der Waals surface area contributed by atoms with E-state index in [4.69, 9.17) is 4.98 Å². The van der Waals surface area contributed by atoms with Gasteiger partial charge in [0.15, 0.2) is 0 Å². The van der Waals surface area contributed by atoms with Gasteiger partial charge in [-0.2, -0.15) is 0 Å². The van der Waals surface area contributed by atoms with Crippen molar-refractivity contribution >= 4 is 37.6 Å². The van der Waals surface area contributed by atoms with Crippen molar-refractivity contribution in [2.45, 2.75) is 26.3 Å². The lowest BCUT2D eigenvalue weighted by Gasteiger charge is -2.16. The molecule has 0 aromatic carbocycles. The number of rotatable bonds is 3. The Bertz CT molecular complexity index is 966. The fraction of sp³-hybridized carbons (Fsp3) is 0.353. The van der Waals surface area contributed by atoms with Crippen molar-refractivity contribution < 1.29 is 0 Å². The van der Waals surface area contributed by atoms with Gasteiger partial charge in [0.2, 0.25) is 0 Å². The van der Waals surface area contributed by atoms with Gasteiger partial charge in [0.05, 0.1) is 11.8 Å². The minimum absolute atomic E-state index is 0.0139. The standard InChI is InChI=1S/C17H18N4OS/c1-3-6-21-10-18-14-13-11(2)9-12(20-7-4-5-8-20)19-16(13)23-15(14)17(21)22/h3,9-10H,1,4-8H2,2H3. The van der Waals surface area contributed by atoms with Crippen LogP contribution in [0.25, 0.3) is 20.4 Å². The molecule has 3 aromatic rings. The maximum absolute atomic E-state index is 12.6. The van der Waals surface area contributed by atoms with E-state index in [0.29, 0.717) is 11.2 Å². The fourth-order valence-electron chi connectivity index (χ4n) is 3.20. The highest BCUT2D eigenvalue weighted by atomic mass is 32.1. The van der Waals surface area contributed by atoms with Crippen LogP contribution in [-0.2, 0) is 6.54 Å². The lowest BCUT2D eigenvalue weighted by molar-refractivity contribution is 0.770. The largest absolute Gasteiger partial charge is 0.357 e. The Balaban J connectivity index is 1.96. The maximum atomic E-state index is 12.6. The third kappa shape index (κ3) is 2.25. The van der Waals surface area contributed by atoms with E-state index >= 15 is 0 Å². The van der Waals surface area contributed by atoms with Gasteiger partial charge in [0, 0.05) is 25.0 Å². The second-order valence-corrected chi connectivity index (χ2v) is 6.94. The van der Waals surface area contributed by atoms with E-state index in [9.17, 15) is 4.79 Å². The van der Waals surface area contributed by atoms with Gasteiger partial charge in [-0.15, -0.1) is 17.9 Å². The van der Waals surface area contributed by atoms with Crippen molar-refractivity contribution in [1.82, 2.24) is 14.5 Å². The first-order chi connectivity index (χ1) is 11.2. The highest BCUT2D eigenvalue weighted by molar-refractivity contribution is 7.25. The zero-order valence-electron chi connectivity index (χ0n) is 13.1. The molecule has 0 radical (unpaired) electrons. The molecule has 4 heterocycles. The Morgan fingerprint density at radius 3 is 2.91 bits per heavy atom. The number of hydrogen-bond acceptors (Lipinski definition) is 5. The van der Waals surface area contributed by atoms with Crippen LogP contribution in [0.5, 0.6) is 0 Å². The summed E-state index contributed by atoms with van der Waals surface area (Å²) in [5, 5.41) is 1.01. The van der Waals surface area contributed by atoms with Crippen molar-refractivity contribution in [3.8, 4) is 0 Å². The van der Waals surface area contributed by atoms with Crippen LogP contribution < -0.4 is 10.5 Å². The van der Waals surface area contributed by atoms with Crippen LogP contribution in [0.1, 0.15) is 18.4 Å². The SMILES string of the molecule is C=CCn1cnc2c(sc3nc(N4CCCC4)cc(C)c32)c1=O. The van der Waals surface area contributed by atoms with Gasteiger partial charge in [-0.05, 0) is 31.4 Å². The van der Waals surface area contributed by atoms with E-state index < -0.39 is 0 Å². The number of fused-ring (bicyclic) bond motifs is 3. The number of thiophene rings is 1. The number of hydrogen-bond donors (Lipinski definition) is 0. The number of aryl methyl sites for hydroxylation is 1. The van der Waals surface area contributed by atoms with Gasteiger partial charge in [0.1, 0.15) is 15.3 Å². The van der Waals surface area contributed by atoms with Gasteiger partial charge in [-0.25, -0.2) is 9.97 Å². The quantitative estimate of drug-likeness (QED) is 0.694. The first-order valence-electron chi connectivity index (χ1n) is 7.84. The van der Waals surface area contributed by atoms with Crippen molar-refractivity contribution in [3.63, 3.8) is 0 Å². The molecular weight excluding hydrogens is 308 g/mol. The van der Waals surface area contributed by atoms with E-state index in [-0.39, 0.29) is 5.56 Å². The van der Waals surface area contributed by atoms with E-state index in [1.165, 1.54) is 24.2 Å². The Labute approximate surface area is 137 Å². The van der Waals surface area contributed by atoms with E-state index in [0.717, 1.165) is 40.2 Å². The second kappa shape index (κ2) is 5.45. The molecule has 0 N–H and O–H groups in total. The van der Waals surface area contributed by atoms with Gasteiger partial charge < -0.3 is 4.90 Å². The van der Waals surface area contributed by atoms with Crippen LogP contribution in [0, 0.1) is 6.92 Å². The number of pyridine rings is 1. The Morgan fingerprint density at radius 2 is 2.17 bits per heavy atom. The number of aromatic nitrogens is 3. The highest BCUT2D eigenvalue weighted by Crippen LogP contribution is 2.34. The van der Waals surface area contributed by atoms with Crippen molar-refractivity contribution in [1.29, 1.82) is 0 Å². The fourth-order valence-corrected chi connectivity index (χ4v) is 4.35. The molecule has 118 valence electrons. The molecule has 23 heavy (non-hydrogen) atoms. The van der Waals surface area contributed by atoms with Crippen LogP contribution in [0.2, 0.25) is 0 Å². The first-order valence-corrected chi connectivity index (χ1v) is 8.66. The summed E-state index contributed by atoms with van der Waals surface area (Å²) >= 11 is 1.45. The summed E-state index contributed by atoms with van der Waals surface area (Å²) in [5.41, 5.74) is 1.89. The molecule has 4 rings (SSSR count). The molecule has 0 amide bonds. The molecule has 1 saturated heterocycles. The average molecular weight is 326 g/mol. The zero-order valence-corrected chi connectivity index (χ0v) is 13.9. The molecule has 3 aromatic heterocycles. The summed E-state index contributed by atoms with van der Waals surface area (Å²) in [5.74, 6) is 1.02. The van der Waals surface area contributed by atoms with Crippen LogP contribution in [-0.4, -0.2) is 27.6 Å². The van der Waals surface area contributed by atoms with Gasteiger partial charge in [0.25, 0.3) is 5.56 Å². The third-order valence-electron chi connectivity index (χ3n) is 4.36. The molecule has 6 heteroatoms. The van der Waals surface area contributed by atoms with Gasteiger partial charge in [-0.3, -0.25) is 9.36 Å². The summed E-state index contributed by atoms with van der Waals surface area (Å²) in [6, 6.07) is 2.12. The molecule has 5 nitrogen and oxygen atoms in total. The molecule has 1 aliphatic heterocycles. The van der Waals surface area contributed by atoms with Crippen molar-refractivity contribution in [2.75, 3.05) is 18.0 Å². The zero-order chi connectivity index (χ0) is 16.0. The summed E-state index contributed by atoms with van der Waals surface area (Å²) < 4.78 is 2.26. The number of anilines is 1. The summed E-state index contributed by atoms with van der Waals surface area (Å²) in [6.45, 7) is 8.36. The molecule has 1 aliphatic rings. The normalized spacial score (nSPS) is 14.9. The highest BCUT2D eigenvalue weighted by Gasteiger charge is 2.19. The first kappa shape index (κ1) is 14.4. The summed E-state index contributed by atoms with van der Waals surface area (Å²) in [6.07, 6.45) is 5.75. The molecule has 0 unspecified atom stereocenters. The predicted molar refractivity (Wildman–Crippen MR) is 95.6 cm³/mol. The van der Waals surface area contributed by atoms with Crippen LogP contribution in [0.4, 0.5) is 5.82 Å². The molecule has 0 spiro atoms. The monoisotopic (exact) mass is 326 g/mol. The second-order valence-electron chi connectivity index (χ2n) is 5.94. The van der Waals surface area contributed by atoms with Crippen molar-refractivity contribution in [3.05, 3.63) is 41.0 Å². The van der Waals surface area contributed by atoms with Crippen LogP contribution >= 0.6 is 11.3 Å². The summed E-state index contributed by atoms with van der Waals surface area (Å²) in [7, 11) is 0. The van der Waals surface area contributed by atoms with Crippen LogP contribution in [0.15, 0.2) is 29.8 Å². The molecule has 0 saturated carbocycles. The topological polar surface area (TPSA) is 51.0 Å². The van der Waals surface area contributed by atoms with Gasteiger partial charge >= 0.3 is 0 Å². The Morgan fingerprint density at radius 1 is 1.39 bits per heavy atom. The van der Waals surface area contributed by atoms with E-state index in [2.05, 4.69) is 29.5 Å². The molecule has 0 aliphatic carbocycles. The van der Waals surface area contributed by atoms with Gasteiger partial charge in [-0.1, -0.05) is 6.08 Å². The predicted octanol–water partition coefficient (Wildman–Crippen LogP) is 3.10. The lowest BCUT2D eigenvalue weighted by Crippen LogP contribution is -2.19. The Hall–Kier alpha value is -2.21. The minimum Gasteiger partial charge on any atom is -0.357 e. The van der Waals surface area contributed by atoms with Crippen molar-refractivity contribution in [2.24, 2.45) is 0 Å². The Kier molecular flexibility index (Phi) is 3.41. The molecule has 0 bridgehead atoms. The smallest absolute Gasteiger partial charge is 0.271 e. The molecule has 1 fully saturated rings. The average Bonchev–Trinajstić information content (AvgIpc) is 3.17. The third-order valence-corrected chi connectivity index (χ3v) is 5.42. The van der Waals surface area contributed by atoms with E-state index in [1.54, 1.807) is 17.0 Å². The number of nitrogens with zero attached hydrogens (tertiary/aromatic N) is 4. The number of allylic oxidation sites excluding steroid dienone is 1. The maximum Gasteiger partial charge on any atom is 0.271 e. The molecule has 0 atom stereocenters. The van der Waals surface area contributed by atoms with Crippen LogP contribution in [0.3, 0.4) is 0 Å². The van der Waals surface area contributed by atoms with E-state index in [1.807, 2.05) is 0 Å². The minimum atomic E-state index is -0.0139.